The summed E-state index contributed by atoms with van der Waals surface area (Å²) in [4.78, 5) is 11.0. The number of nitrogens with one attached hydrogen (secondary N) is 1. The molecule has 0 aromatic heterocycles. The van der Waals surface area contributed by atoms with Crippen LogP contribution in [0.25, 0.3) is 0 Å². The summed E-state index contributed by atoms with van der Waals surface area (Å²) in [6.07, 6.45) is 3.68. The van der Waals surface area contributed by atoms with Crippen molar-refractivity contribution in [2.24, 2.45) is 5.92 Å². The van der Waals surface area contributed by atoms with Crippen LogP contribution in [0.15, 0.2) is 0 Å². The molecule has 3 heteroatoms. The fourth-order valence-electron chi connectivity index (χ4n) is 2.11. The van der Waals surface area contributed by atoms with E-state index < -0.39 is 0 Å². The zero-order valence-corrected chi connectivity index (χ0v) is 7.38. The van der Waals surface area contributed by atoms with Gasteiger partial charge >= 0.3 is 0 Å². The van der Waals surface area contributed by atoms with E-state index in [1.54, 1.807) is 0 Å². The van der Waals surface area contributed by atoms with E-state index in [0.717, 1.165) is 18.8 Å². The summed E-state index contributed by atoms with van der Waals surface area (Å²) in [5, 5.41) is 2.97. The molecule has 0 radical (unpaired) electrons. The normalized spacial score (nSPS) is 41.8. The Kier molecular flexibility index (Phi) is 2.05. The van der Waals surface area contributed by atoms with Gasteiger partial charge in [-0.2, -0.15) is 0 Å². The van der Waals surface area contributed by atoms with Gasteiger partial charge in [0, 0.05) is 0 Å². The summed E-state index contributed by atoms with van der Waals surface area (Å²) in [5.74, 6) is 0.798. The number of fused-ring (bicyclic) bond motifs is 1. The average molecular weight is 169 g/mol. The van der Waals surface area contributed by atoms with Crippen molar-refractivity contribution in [3.05, 3.63) is 0 Å². The largest absolute Gasteiger partial charge is 0.366 e. The van der Waals surface area contributed by atoms with E-state index in [4.69, 9.17) is 4.74 Å². The minimum atomic E-state index is 0.0470. The molecule has 0 aromatic rings. The van der Waals surface area contributed by atoms with Crippen LogP contribution in [0.2, 0.25) is 0 Å². The third-order valence-electron chi connectivity index (χ3n) is 2.83. The molecule has 0 spiro atoms. The first kappa shape index (κ1) is 8.05. The number of carbonyl (C=O) groups is 1. The van der Waals surface area contributed by atoms with E-state index in [1.807, 2.05) is 0 Å². The van der Waals surface area contributed by atoms with Gasteiger partial charge in [0.2, 0.25) is 5.91 Å². The highest BCUT2D eigenvalue weighted by Gasteiger charge is 2.33. The van der Waals surface area contributed by atoms with Crippen molar-refractivity contribution in [1.29, 1.82) is 0 Å². The molecule has 0 aromatic carbocycles. The highest BCUT2D eigenvalue weighted by molar-refractivity contribution is 5.78. The van der Waals surface area contributed by atoms with Crippen LogP contribution in [0.3, 0.4) is 0 Å². The molecule has 1 aliphatic heterocycles. The number of morpholine rings is 1. The SMILES string of the molecule is CC1CCC2NC(=O)COC2C1. The summed E-state index contributed by atoms with van der Waals surface area (Å²) in [6, 6.07) is 0.294. The fourth-order valence-corrected chi connectivity index (χ4v) is 2.11. The second-order valence-electron chi connectivity index (χ2n) is 3.94. The number of rotatable bonds is 0. The lowest BCUT2D eigenvalue weighted by Crippen LogP contribution is -2.53. The highest BCUT2D eigenvalue weighted by Crippen LogP contribution is 2.27. The maximum Gasteiger partial charge on any atom is 0.246 e. The Bertz CT molecular complexity index is 193. The Morgan fingerprint density at radius 2 is 2.33 bits per heavy atom. The molecule has 0 bridgehead atoms. The van der Waals surface area contributed by atoms with E-state index in [-0.39, 0.29) is 18.6 Å². The summed E-state index contributed by atoms with van der Waals surface area (Å²) < 4.78 is 5.45. The molecule has 1 saturated heterocycles. The first-order valence-corrected chi connectivity index (χ1v) is 4.66. The number of hydrogen-bond donors (Lipinski definition) is 1. The van der Waals surface area contributed by atoms with Gasteiger partial charge in [-0.1, -0.05) is 6.92 Å². The van der Waals surface area contributed by atoms with Crippen LogP contribution < -0.4 is 5.32 Å². The molecule has 68 valence electrons. The van der Waals surface area contributed by atoms with Crippen molar-refractivity contribution in [3.63, 3.8) is 0 Å². The molecule has 3 atom stereocenters. The summed E-state index contributed by atoms with van der Waals surface area (Å²) in [6.45, 7) is 2.50. The van der Waals surface area contributed by atoms with Crippen molar-refractivity contribution >= 4 is 5.91 Å². The molecule has 3 unspecified atom stereocenters. The van der Waals surface area contributed by atoms with Crippen molar-refractivity contribution in [2.75, 3.05) is 6.61 Å². The molecule has 1 aliphatic carbocycles. The maximum atomic E-state index is 11.0. The van der Waals surface area contributed by atoms with Crippen molar-refractivity contribution < 1.29 is 9.53 Å². The smallest absolute Gasteiger partial charge is 0.246 e. The van der Waals surface area contributed by atoms with Gasteiger partial charge < -0.3 is 10.1 Å². The first-order valence-electron chi connectivity index (χ1n) is 4.66. The third-order valence-corrected chi connectivity index (χ3v) is 2.83. The van der Waals surface area contributed by atoms with Crippen LogP contribution >= 0.6 is 0 Å². The summed E-state index contributed by atoms with van der Waals surface area (Å²) in [7, 11) is 0. The molecule has 1 N–H and O–H groups in total. The predicted octanol–water partition coefficient (Wildman–Crippen LogP) is 0.690. The molecule has 2 fully saturated rings. The van der Waals surface area contributed by atoms with E-state index in [1.165, 1.54) is 6.42 Å². The number of amides is 1. The molecular formula is C9H15NO2. The van der Waals surface area contributed by atoms with Gasteiger partial charge in [0.25, 0.3) is 0 Å². The standard InChI is InChI=1S/C9H15NO2/c1-6-2-3-7-8(4-6)12-5-9(11)10-7/h6-8H,2-5H2,1H3,(H,10,11). The Morgan fingerprint density at radius 1 is 1.50 bits per heavy atom. The van der Waals surface area contributed by atoms with Gasteiger partial charge in [0.1, 0.15) is 6.61 Å². The van der Waals surface area contributed by atoms with Crippen molar-refractivity contribution in [1.82, 2.24) is 5.32 Å². The lowest BCUT2D eigenvalue weighted by molar-refractivity contribution is -0.139. The first-order chi connectivity index (χ1) is 5.75. The van der Waals surface area contributed by atoms with Crippen LogP contribution in [-0.2, 0) is 9.53 Å². The Labute approximate surface area is 72.5 Å². The van der Waals surface area contributed by atoms with Gasteiger partial charge in [-0.15, -0.1) is 0 Å². The van der Waals surface area contributed by atoms with Crippen LogP contribution in [0.4, 0.5) is 0 Å². The number of ether oxygens (including phenoxy) is 1. The second kappa shape index (κ2) is 3.05. The Balaban J connectivity index is 1.98. The summed E-state index contributed by atoms with van der Waals surface area (Å²) in [5.41, 5.74) is 0. The third kappa shape index (κ3) is 1.46. The van der Waals surface area contributed by atoms with Crippen LogP contribution in [0.1, 0.15) is 26.2 Å². The predicted molar refractivity (Wildman–Crippen MR) is 44.7 cm³/mol. The molecule has 2 rings (SSSR count). The molecule has 1 heterocycles. The van der Waals surface area contributed by atoms with Crippen LogP contribution in [0, 0.1) is 5.92 Å². The number of hydrogen-bond acceptors (Lipinski definition) is 2. The maximum absolute atomic E-state index is 11.0. The molecule has 12 heavy (non-hydrogen) atoms. The van der Waals surface area contributed by atoms with E-state index >= 15 is 0 Å². The fraction of sp³-hybridized carbons (Fsp3) is 0.889. The van der Waals surface area contributed by atoms with Gasteiger partial charge in [-0.25, -0.2) is 0 Å². The Hall–Kier alpha value is -0.570. The van der Waals surface area contributed by atoms with Crippen molar-refractivity contribution in [3.8, 4) is 0 Å². The quantitative estimate of drug-likeness (QED) is 0.579. The van der Waals surface area contributed by atoms with Gasteiger partial charge in [-0.3, -0.25) is 4.79 Å². The Morgan fingerprint density at radius 3 is 3.17 bits per heavy atom. The minimum absolute atomic E-state index is 0.0470. The molecular weight excluding hydrogens is 154 g/mol. The zero-order chi connectivity index (χ0) is 8.55. The summed E-state index contributed by atoms with van der Waals surface area (Å²) >= 11 is 0. The van der Waals surface area contributed by atoms with Crippen LogP contribution in [-0.4, -0.2) is 24.7 Å². The van der Waals surface area contributed by atoms with E-state index in [2.05, 4.69) is 12.2 Å². The van der Waals surface area contributed by atoms with Gasteiger partial charge in [0.05, 0.1) is 12.1 Å². The highest BCUT2D eigenvalue weighted by atomic mass is 16.5. The lowest BCUT2D eigenvalue weighted by atomic mass is 9.84. The zero-order valence-electron chi connectivity index (χ0n) is 7.38. The molecule has 1 saturated carbocycles. The van der Waals surface area contributed by atoms with E-state index in [9.17, 15) is 4.79 Å². The monoisotopic (exact) mass is 169 g/mol. The molecule has 1 amide bonds. The van der Waals surface area contributed by atoms with Gasteiger partial charge in [-0.05, 0) is 25.2 Å². The molecule has 2 aliphatic rings. The minimum Gasteiger partial charge on any atom is -0.366 e. The second-order valence-corrected chi connectivity index (χ2v) is 3.94. The van der Waals surface area contributed by atoms with E-state index in [0.29, 0.717) is 6.04 Å². The van der Waals surface area contributed by atoms with Crippen molar-refractivity contribution in [2.45, 2.75) is 38.3 Å². The lowest BCUT2D eigenvalue weighted by Gasteiger charge is -2.38. The molecule has 3 nitrogen and oxygen atoms in total. The van der Waals surface area contributed by atoms with Gasteiger partial charge in [0.15, 0.2) is 0 Å². The average Bonchev–Trinajstić information content (AvgIpc) is 2.05. The topological polar surface area (TPSA) is 38.3 Å². The number of carbonyl (C=O) groups excluding carboxylic acids is 1. The van der Waals surface area contributed by atoms with Crippen LogP contribution in [0.5, 0.6) is 0 Å².